The molecule has 0 saturated heterocycles. The first-order chi connectivity index (χ1) is 73.8. The van der Waals surface area contributed by atoms with Gasteiger partial charge in [-0.15, -0.1) is 11.3 Å². The van der Waals surface area contributed by atoms with Gasteiger partial charge in [0.25, 0.3) is 0 Å². The minimum Gasteiger partial charge on any atom is -0.456 e. The van der Waals surface area contributed by atoms with E-state index in [-0.39, 0.29) is 5.41 Å². The first-order valence-electron chi connectivity index (χ1n) is 50.0. The number of fused-ring (bicyclic) bond motifs is 21. The molecule has 28 aromatic rings. The molecule has 0 aliphatic heterocycles. The Balaban J connectivity index is 0.000000111. The van der Waals surface area contributed by atoms with Crippen LogP contribution in [0.4, 0.5) is 102 Å². The van der Waals surface area contributed by atoms with E-state index < -0.39 is 0 Å². The van der Waals surface area contributed by atoms with Crippen molar-refractivity contribution in [3.63, 3.8) is 0 Å². The number of para-hydroxylation sites is 10. The largest absolute Gasteiger partial charge is 0.456 e. The molecule has 0 unspecified atom stereocenters. The summed E-state index contributed by atoms with van der Waals surface area (Å²) in [7, 11) is 0. The fourth-order valence-electron chi connectivity index (χ4n) is 22.0. The quantitative estimate of drug-likeness (QED) is 0.0823. The molecule has 716 valence electrons. The average Bonchev–Trinajstić information content (AvgIpc) is 1.57. The SMILES string of the molecule is Brc1cc(N(c2ccccc2)c2ccc3oc4ccccc4c3c2)cc(N(c2ccccc2)c2ccc3sc4ccccc4c3c2)c1.Brc1cc(N(c2ccccc2)c2ccccc2)cc(N(c2ccc3c(c2)oc2ccccc23)c2ccc3c(c2)oc2ccccc23)c1.CC1(C)c2ccccc2-c2cc(N(c3cc(Br)cc(N(c4ccccc4)c4ccc5oc6ccccc6c5c4)c3)c3ccc4oc5ccccc5c4c3)ccc21. The number of halogens is 3. The zero-order valence-corrected chi connectivity index (χ0v) is 86.8. The lowest BCUT2D eigenvalue weighted by molar-refractivity contribution is 0.660. The smallest absolute Gasteiger partial charge is 0.137 e. The molecule has 0 N–H and O–H groups in total. The maximum Gasteiger partial charge on any atom is 0.137 e. The molecule has 0 spiro atoms. The Kier molecular flexibility index (Phi) is 23.0. The molecule has 6 aromatic heterocycles. The summed E-state index contributed by atoms with van der Waals surface area (Å²) in [5.41, 5.74) is 32.6. The van der Waals surface area contributed by atoms with Crippen molar-refractivity contribution in [2.45, 2.75) is 19.3 Å². The van der Waals surface area contributed by atoms with Crippen LogP contribution in [0, 0.1) is 0 Å². The van der Waals surface area contributed by atoms with Gasteiger partial charge in [0, 0.05) is 207 Å². The Hall–Kier alpha value is -17.7. The van der Waals surface area contributed by atoms with Gasteiger partial charge in [0.05, 0.1) is 0 Å². The average molecular weight is 2150 g/mol. The first kappa shape index (κ1) is 91.0. The monoisotopic (exact) mass is 2140 g/mol. The minimum absolute atomic E-state index is 0.0928. The molecule has 0 saturated carbocycles. The van der Waals surface area contributed by atoms with Crippen molar-refractivity contribution in [3.8, 4) is 11.1 Å². The van der Waals surface area contributed by atoms with Crippen molar-refractivity contribution in [2.75, 3.05) is 29.4 Å². The van der Waals surface area contributed by atoms with E-state index in [9.17, 15) is 0 Å². The molecule has 0 atom stereocenters. The zero-order chi connectivity index (χ0) is 100. The van der Waals surface area contributed by atoms with Gasteiger partial charge in [-0.2, -0.15) is 0 Å². The van der Waals surface area contributed by atoms with Crippen LogP contribution in [0.1, 0.15) is 25.0 Å². The van der Waals surface area contributed by atoms with E-state index in [1.807, 2.05) is 96.3 Å². The highest BCUT2D eigenvalue weighted by Crippen LogP contribution is 2.55. The molecule has 11 nitrogen and oxygen atoms in total. The van der Waals surface area contributed by atoms with Gasteiger partial charge in [0.1, 0.15) is 55.8 Å². The molecule has 15 heteroatoms. The molecule has 0 fully saturated rings. The van der Waals surface area contributed by atoms with Crippen LogP contribution in [0.25, 0.3) is 141 Å². The Morgan fingerprint density at radius 2 is 0.400 bits per heavy atom. The van der Waals surface area contributed by atoms with Gasteiger partial charge in [0.15, 0.2) is 0 Å². The summed E-state index contributed by atoms with van der Waals surface area (Å²) in [6, 6.07) is 177. The number of thiophene rings is 1. The molecule has 150 heavy (non-hydrogen) atoms. The normalized spacial score (nSPS) is 12.1. The lowest BCUT2D eigenvalue weighted by Crippen LogP contribution is -2.15. The van der Waals surface area contributed by atoms with Crippen LogP contribution in [-0.4, -0.2) is 0 Å². The molecule has 0 bridgehead atoms. The number of nitrogens with zero attached hydrogens (tertiary/aromatic N) is 6. The van der Waals surface area contributed by atoms with Gasteiger partial charge in [-0.3, -0.25) is 0 Å². The molecular weight excluding hydrogens is 2060 g/mol. The number of hydrogen-bond donors (Lipinski definition) is 0. The summed E-state index contributed by atoms with van der Waals surface area (Å²) in [6.07, 6.45) is 0. The molecule has 6 heterocycles. The third kappa shape index (κ3) is 16.6. The Labute approximate surface area is 893 Å². The highest BCUT2D eigenvalue weighted by molar-refractivity contribution is 9.11. The summed E-state index contributed by atoms with van der Waals surface area (Å²) in [6.45, 7) is 4.66. The number of furan rings is 5. The molecular formula is C135H89Br3N6O5S. The van der Waals surface area contributed by atoms with Crippen molar-refractivity contribution in [1.29, 1.82) is 0 Å². The maximum atomic E-state index is 6.36. The molecule has 0 amide bonds. The van der Waals surface area contributed by atoms with E-state index >= 15 is 0 Å². The first-order valence-corrected chi connectivity index (χ1v) is 53.2. The third-order valence-corrected chi connectivity index (χ3v) is 31.3. The number of anilines is 18. The van der Waals surface area contributed by atoms with Crippen molar-refractivity contribution >= 4 is 291 Å². The number of hydrogen-bond acceptors (Lipinski definition) is 12. The summed E-state index contributed by atoms with van der Waals surface area (Å²) >= 11 is 13.6. The van der Waals surface area contributed by atoms with Gasteiger partial charge in [-0.05, 0) is 283 Å². The van der Waals surface area contributed by atoms with Gasteiger partial charge in [0.2, 0.25) is 0 Å². The van der Waals surface area contributed by atoms with Gasteiger partial charge >= 0.3 is 0 Å². The predicted molar refractivity (Wildman–Crippen MR) is 637 cm³/mol. The Bertz CT molecular complexity index is 9760. The second kappa shape index (κ2) is 38.0. The van der Waals surface area contributed by atoms with Crippen LogP contribution in [0.3, 0.4) is 0 Å². The standard InChI is InChI=1S/C51H35BrN2O2.C42H27BrN2O2.C42H27BrN2OS/c1-51(2)45-17-9-6-14-39(45)42-29-34(20-23-46(42)51)54(36-22-25-50-44(31-36)41-16-8-11-19-48(41)56-50)38-27-32(52)26-37(28-38)53(33-12-4-3-5-13-33)35-21-24-49-43(30-35)40-15-7-10-18-47(40)55-49;43-28-23-33(44(29-11-3-1-4-12-29)30-13-5-2-6-14-30)25-34(24-28)45(31-19-21-37-35-15-7-9-17-39(35)46-41(37)26-31)32-20-22-38-36-16-8-10-18-40(36)47-42(38)27-32;43-28-23-33(44(29-11-3-1-4-12-29)31-19-21-40-37(26-31)35-15-7-9-17-39(35)46-40)25-34(24-28)45(30-13-5-2-6-14-30)32-20-22-42-38(27-32)36-16-8-10-18-41(36)47-42/h3-31H,1-2H3;2*1-27H. The van der Waals surface area contributed by atoms with Gasteiger partial charge in [-0.25, -0.2) is 0 Å². The highest BCUT2D eigenvalue weighted by Gasteiger charge is 2.37. The van der Waals surface area contributed by atoms with Crippen LogP contribution in [0.5, 0.6) is 0 Å². The molecule has 1 aliphatic rings. The summed E-state index contributed by atoms with van der Waals surface area (Å²) < 4.78 is 37.0. The van der Waals surface area contributed by atoms with Gasteiger partial charge < -0.3 is 51.5 Å². The second-order valence-electron chi connectivity index (χ2n) is 38.3. The lowest BCUT2D eigenvalue weighted by atomic mass is 9.82. The van der Waals surface area contributed by atoms with Crippen LogP contribution in [0.2, 0.25) is 0 Å². The molecule has 1 aliphatic carbocycles. The van der Waals surface area contributed by atoms with Crippen LogP contribution in [-0.2, 0) is 5.41 Å². The summed E-state index contributed by atoms with van der Waals surface area (Å²) in [4.78, 5) is 13.9. The summed E-state index contributed by atoms with van der Waals surface area (Å²) in [5, 5.41) is 13.5. The van der Waals surface area contributed by atoms with Crippen molar-refractivity contribution in [1.82, 2.24) is 0 Å². The highest BCUT2D eigenvalue weighted by atomic mass is 79.9. The Morgan fingerprint density at radius 3 is 0.773 bits per heavy atom. The van der Waals surface area contributed by atoms with Crippen molar-refractivity contribution < 1.29 is 22.1 Å². The zero-order valence-electron chi connectivity index (χ0n) is 81.2. The molecule has 22 aromatic carbocycles. The summed E-state index contributed by atoms with van der Waals surface area (Å²) in [5.74, 6) is 0. The number of benzene rings is 22. The lowest BCUT2D eigenvalue weighted by Gasteiger charge is -2.30. The van der Waals surface area contributed by atoms with E-state index in [1.165, 1.54) is 42.4 Å². The van der Waals surface area contributed by atoms with E-state index in [2.05, 4.69) is 510 Å². The third-order valence-electron chi connectivity index (χ3n) is 28.8. The van der Waals surface area contributed by atoms with E-state index in [0.29, 0.717) is 0 Å². The van der Waals surface area contributed by atoms with Crippen molar-refractivity contribution in [2.24, 2.45) is 0 Å². The van der Waals surface area contributed by atoms with E-state index in [1.54, 1.807) is 0 Å². The van der Waals surface area contributed by atoms with E-state index in [4.69, 9.17) is 22.1 Å². The molecule has 0 radical (unpaired) electrons. The van der Waals surface area contributed by atoms with Crippen LogP contribution in [0.15, 0.2) is 539 Å². The second-order valence-corrected chi connectivity index (χ2v) is 42.1. The predicted octanol–water partition coefficient (Wildman–Crippen LogP) is 42.3. The van der Waals surface area contributed by atoms with Crippen molar-refractivity contribution in [3.05, 3.63) is 528 Å². The van der Waals surface area contributed by atoms with E-state index in [0.717, 1.165) is 225 Å². The van der Waals surface area contributed by atoms with Crippen LogP contribution >= 0.6 is 59.1 Å². The van der Waals surface area contributed by atoms with Gasteiger partial charge in [-0.1, -0.05) is 292 Å². The minimum atomic E-state index is -0.0928. The van der Waals surface area contributed by atoms with Crippen LogP contribution < -0.4 is 29.4 Å². The number of rotatable bonds is 18. The fourth-order valence-corrected chi connectivity index (χ4v) is 24.5. The Morgan fingerprint density at radius 1 is 0.160 bits per heavy atom. The molecule has 29 rings (SSSR count). The topological polar surface area (TPSA) is 85.1 Å². The fraction of sp³-hybridized carbons (Fsp3) is 0.0222. The maximum absolute atomic E-state index is 6.36.